The highest BCUT2D eigenvalue weighted by Crippen LogP contribution is 2.21. The molecule has 2 heterocycles. The molecule has 1 aromatic carbocycles. The highest BCUT2D eigenvalue weighted by atomic mass is 35.5. The third-order valence-electron chi connectivity index (χ3n) is 5.31. The van der Waals surface area contributed by atoms with Gasteiger partial charge in [-0.2, -0.15) is 0 Å². The van der Waals surface area contributed by atoms with E-state index in [1.807, 2.05) is 35.0 Å². The number of nitrogens with zero attached hydrogens (tertiary/aromatic N) is 3. The molecule has 0 unspecified atom stereocenters. The Balaban J connectivity index is 1.52. The third kappa shape index (κ3) is 5.09. The smallest absolute Gasteiger partial charge is 0.309 e. The molecule has 29 heavy (non-hydrogen) atoms. The van der Waals surface area contributed by atoms with Crippen molar-refractivity contribution in [2.45, 2.75) is 26.3 Å². The zero-order valence-corrected chi connectivity index (χ0v) is 17.5. The number of benzene rings is 1. The Bertz CT molecular complexity index is 902. The minimum Gasteiger partial charge on any atom is -0.466 e. The third-order valence-corrected chi connectivity index (χ3v) is 5.54. The number of carbonyl (C=O) groups is 3. The van der Waals surface area contributed by atoms with Crippen LogP contribution in [0.3, 0.4) is 0 Å². The Hall–Kier alpha value is -2.54. The van der Waals surface area contributed by atoms with E-state index in [9.17, 15) is 14.4 Å². The maximum Gasteiger partial charge on any atom is 0.309 e. The van der Waals surface area contributed by atoms with Crippen LogP contribution in [0.4, 0.5) is 0 Å². The predicted molar refractivity (Wildman–Crippen MR) is 111 cm³/mol. The molecule has 3 rings (SSSR count). The van der Waals surface area contributed by atoms with Gasteiger partial charge in [0.15, 0.2) is 0 Å². The highest BCUT2D eigenvalue weighted by molar-refractivity contribution is 6.31. The van der Waals surface area contributed by atoms with Crippen LogP contribution in [-0.2, 0) is 25.7 Å². The van der Waals surface area contributed by atoms with Gasteiger partial charge in [-0.25, -0.2) is 0 Å². The number of amides is 2. The van der Waals surface area contributed by atoms with Gasteiger partial charge in [0.2, 0.25) is 11.8 Å². The Morgan fingerprint density at radius 3 is 2.62 bits per heavy atom. The number of halogens is 1. The molecule has 0 N–H and O–H groups in total. The molecule has 1 aliphatic rings. The summed E-state index contributed by atoms with van der Waals surface area (Å²) in [5.41, 5.74) is 0.881. The van der Waals surface area contributed by atoms with Gasteiger partial charge in [0.05, 0.1) is 19.1 Å². The van der Waals surface area contributed by atoms with Crippen LogP contribution in [0.25, 0.3) is 10.9 Å². The molecule has 1 aliphatic heterocycles. The monoisotopic (exact) mass is 419 g/mol. The van der Waals surface area contributed by atoms with Gasteiger partial charge in [-0.05, 0) is 43.4 Å². The molecule has 1 saturated heterocycles. The van der Waals surface area contributed by atoms with Gasteiger partial charge in [-0.3, -0.25) is 14.4 Å². The molecular weight excluding hydrogens is 394 g/mol. The van der Waals surface area contributed by atoms with E-state index in [-0.39, 0.29) is 36.8 Å². The lowest BCUT2D eigenvalue weighted by atomic mass is 9.97. The number of likely N-dealkylation sites (N-methyl/N-ethyl adjacent to an activating group) is 1. The minimum absolute atomic E-state index is 0.0167. The lowest BCUT2D eigenvalue weighted by molar-refractivity contribution is -0.151. The normalized spacial score (nSPS) is 14.8. The van der Waals surface area contributed by atoms with Crippen LogP contribution in [0.2, 0.25) is 5.02 Å². The molecule has 8 heteroatoms. The summed E-state index contributed by atoms with van der Waals surface area (Å²) in [4.78, 5) is 40.1. The largest absolute Gasteiger partial charge is 0.466 e. The Morgan fingerprint density at radius 2 is 1.93 bits per heavy atom. The van der Waals surface area contributed by atoms with Crippen molar-refractivity contribution < 1.29 is 19.1 Å². The summed E-state index contributed by atoms with van der Waals surface area (Å²) in [5, 5.41) is 1.62. The molecule has 156 valence electrons. The van der Waals surface area contributed by atoms with E-state index in [1.54, 1.807) is 18.9 Å². The Kier molecular flexibility index (Phi) is 6.79. The molecular formula is C21H26ClN3O4. The summed E-state index contributed by atoms with van der Waals surface area (Å²) < 4.78 is 6.88. The number of likely N-dealkylation sites (tertiary alicyclic amines) is 1. The van der Waals surface area contributed by atoms with Gasteiger partial charge < -0.3 is 19.1 Å². The lowest BCUT2D eigenvalue weighted by Crippen LogP contribution is -2.46. The first kappa shape index (κ1) is 21.2. The molecule has 0 aliphatic carbocycles. The van der Waals surface area contributed by atoms with Crippen LogP contribution >= 0.6 is 11.6 Å². The minimum atomic E-state index is -0.189. The molecule has 7 nitrogen and oxygen atoms in total. The van der Waals surface area contributed by atoms with Crippen LogP contribution in [0.1, 0.15) is 19.8 Å². The highest BCUT2D eigenvalue weighted by Gasteiger charge is 2.29. The number of fused-ring (bicyclic) bond motifs is 1. The van der Waals surface area contributed by atoms with Crippen LogP contribution in [0, 0.1) is 5.92 Å². The number of rotatable bonds is 6. The molecule has 2 aromatic rings. The van der Waals surface area contributed by atoms with Crippen molar-refractivity contribution in [3.63, 3.8) is 0 Å². The number of ether oxygens (including phenoxy) is 1. The van der Waals surface area contributed by atoms with Gasteiger partial charge in [-0.15, -0.1) is 0 Å². The summed E-state index contributed by atoms with van der Waals surface area (Å²) in [5.74, 6) is -0.598. The van der Waals surface area contributed by atoms with E-state index < -0.39 is 0 Å². The maximum absolute atomic E-state index is 12.6. The van der Waals surface area contributed by atoms with E-state index >= 15 is 0 Å². The SMILES string of the molecule is CCOC(=O)C1CCN(C(=O)CN(C)C(=O)Cn2ccc3ccc(Cl)cc32)CC1. The average molecular weight is 420 g/mol. The van der Waals surface area contributed by atoms with Crippen molar-refractivity contribution in [1.82, 2.24) is 14.4 Å². The van der Waals surface area contributed by atoms with Crippen LogP contribution in [0.15, 0.2) is 30.5 Å². The first-order chi connectivity index (χ1) is 13.9. The van der Waals surface area contributed by atoms with Crippen LogP contribution < -0.4 is 0 Å². The Morgan fingerprint density at radius 1 is 1.21 bits per heavy atom. The summed E-state index contributed by atoms with van der Waals surface area (Å²) in [6.45, 7) is 3.32. The zero-order chi connectivity index (χ0) is 21.0. The second kappa shape index (κ2) is 9.31. The number of hydrogen-bond acceptors (Lipinski definition) is 4. The number of esters is 1. The Labute approximate surface area is 175 Å². The number of carbonyl (C=O) groups excluding carboxylic acids is 3. The van der Waals surface area contributed by atoms with Gasteiger partial charge in [0, 0.05) is 36.9 Å². The number of hydrogen-bond donors (Lipinski definition) is 0. The number of aromatic nitrogens is 1. The van der Waals surface area contributed by atoms with E-state index in [4.69, 9.17) is 16.3 Å². The van der Waals surface area contributed by atoms with E-state index in [0.29, 0.717) is 37.6 Å². The maximum atomic E-state index is 12.6. The second-order valence-electron chi connectivity index (χ2n) is 7.30. The first-order valence-electron chi connectivity index (χ1n) is 9.81. The van der Waals surface area contributed by atoms with Crippen molar-refractivity contribution in [2.24, 2.45) is 5.92 Å². The molecule has 0 atom stereocenters. The summed E-state index contributed by atoms with van der Waals surface area (Å²) in [6, 6.07) is 7.47. The molecule has 0 saturated carbocycles. The zero-order valence-electron chi connectivity index (χ0n) is 16.8. The fourth-order valence-electron chi connectivity index (χ4n) is 3.58. The predicted octanol–water partition coefficient (Wildman–Crippen LogP) is 2.55. The van der Waals surface area contributed by atoms with E-state index in [0.717, 1.165) is 10.9 Å². The van der Waals surface area contributed by atoms with Crippen LogP contribution in [0.5, 0.6) is 0 Å². The topological polar surface area (TPSA) is 71.8 Å². The van der Waals surface area contributed by atoms with Crippen molar-refractivity contribution in [1.29, 1.82) is 0 Å². The van der Waals surface area contributed by atoms with Gasteiger partial charge in [0.1, 0.15) is 6.54 Å². The van der Waals surface area contributed by atoms with Gasteiger partial charge >= 0.3 is 5.97 Å². The summed E-state index contributed by atoms with van der Waals surface area (Å²) in [7, 11) is 1.63. The van der Waals surface area contributed by atoms with E-state index in [2.05, 4.69) is 0 Å². The fourth-order valence-corrected chi connectivity index (χ4v) is 3.74. The molecule has 1 fully saturated rings. The van der Waals surface area contributed by atoms with Crippen molar-refractivity contribution in [2.75, 3.05) is 33.3 Å². The average Bonchev–Trinajstić information content (AvgIpc) is 3.10. The van der Waals surface area contributed by atoms with Gasteiger partial charge in [0.25, 0.3) is 0 Å². The van der Waals surface area contributed by atoms with Crippen molar-refractivity contribution >= 4 is 40.3 Å². The molecule has 0 radical (unpaired) electrons. The standard InChI is InChI=1S/C21H26ClN3O4/c1-3-29-21(28)16-7-9-24(10-8-16)20(27)13-23(2)19(26)14-25-11-6-15-4-5-17(22)12-18(15)25/h4-6,11-12,16H,3,7-10,13-14H2,1-2H3. The first-order valence-corrected chi connectivity index (χ1v) is 10.2. The van der Waals surface area contributed by atoms with E-state index in [1.165, 1.54) is 4.90 Å². The van der Waals surface area contributed by atoms with Gasteiger partial charge in [-0.1, -0.05) is 17.7 Å². The number of piperidine rings is 1. The summed E-state index contributed by atoms with van der Waals surface area (Å²) >= 11 is 6.06. The molecule has 1 aromatic heterocycles. The molecule has 0 bridgehead atoms. The second-order valence-corrected chi connectivity index (χ2v) is 7.74. The van der Waals surface area contributed by atoms with Crippen molar-refractivity contribution in [3.05, 3.63) is 35.5 Å². The fraction of sp³-hybridized carbons (Fsp3) is 0.476. The molecule has 2 amide bonds. The quantitative estimate of drug-likeness (QED) is 0.674. The van der Waals surface area contributed by atoms with Crippen molar-refractivity contribution in [3.8, 4) is 0 Å². The summed E-state index contributed by atoms with van der Waals surface area (Å²) in [6.07, 6.45) is 3.03. The lowest BCUT2D eigenvalue weighted by Gasteiger charge is -2.32. The van der Waals surface area contributed by atoms with Crippen LogP contribution in [-0.4, -0.2) is 65.4 Å². The molecule has 0 spiro atoms.